The monoisotopic (exact) mass is 348 g/mol. The second kappa shape index (κ2) is 7.99. The molecule has 1 saturated carbocycles. The molecule has 0 aromatic carbocycles. The lowest BCUT2D eigenvalue weighted by molar-refractivity contribution is -0.143. The van der Waals surface area contributed by atoms with E-state index in [2.05, 4.69) is 15.2 Å². The van der Waals surface area contributed by atoms with Gasteiger partial charge in [-0.25, -0.2) is 4.98 Å². The number of nitrogens with one attached hydrogen (secondary N) is 1. The maximum absolute atomic E-state index is 12.6. The van der Waals surface area contributed by atoms with Crippen LogP contribution in [0.1, 0.15) is 38.3 Å². The second-order valence-electron chi connectivity index (χ2n) is 7.06. The molecule has 1 atom stereocenters. The van der Waals surface area contributed by atoms with Gasteiger partial charge >= 0.3 is 5.97 Å². The number of carbonyl (C=O) groups is 1. The lowest BCUT2D eigenvalue weighted by Crippen LogP contribution is -2.38. The predicted octanol–water partition coefficient (Wildman–Crippen LogP) is 1.40. The fraction of sp³-hybridized carbons (Fsp3) is 0.722. The molecule has 1 unspecified atom stereocenters. The van der Waals surface area contributed by atoms with Crippen molar-refractivity contribution in [2.24, 2.45) is 5.92 Å². The molecule has 2 aliphatic rings. The lowest BCUT2D eigenvalue weighted by atomic mass is 10.2. The van der Waals surface area contributed by atoms with Gasteiger partial charge in [-0.3, -0.25) is 19.1 Å². The molecule has 1 saturated heterocycles. The van der Waals surface area contributed by atoms with Gasteiger partial charge in [0.05, 0.1) is 6.61 Å². The largest absolute Gasteiger partial charge is 0.465 e. The summed E-state index contributed by atoms with van der Waals surface area (Å²) >= 11 is 0. The zero-order chi connectivity index (χ0) is 17.8. The van der Waals surface area contributed by atoms with Crippen LogP contribution >= 0.6 is 0 Å². The van der Waals surface area contributed by atoms with Gasteiger partial charge in [0.25, 0.3) is 5.56 Å². The number of rotatable bonds is 8. The van der Waals surface area contributed by atoms with Gasteiger partial charge in [-0.2, -0.15) is 0 Å². The fourth-order valence-electron chi connectivity index (χ4n) is 3.44. The van der Waals surface area contributed by atoms with E-state index in [-0.39, 0.29) is 12.1 Å². The third-order valence-corrected chi connectivity index (χ3v) is 5.04. The fourth-order valence-corrected chi connectivity index (χ4v) is 3.44. The predicted molar refractivity (Wildman–Crippen MR) is 95.7 cm³/mol. The van der Waals surface area contributed by atoms with E-state index in [0.717, 1.165) is 25.4 Å². The molecule has 2 heterocycles. The van der Waals surface area contributed by atoms with Crippen molar-refractivity contribution < 1.29 is 9.53 Å². The Morgan fingerprint density at radius 3 is 2.92 bits per heavy atom. The molecule has 1 aromatic rings. The first-order valence-corrected chi connectivity index (χ1v) is 9.28. The molecule has 0 spiro atoms. The number of anilines is 1. The Morgan fingerprint density at radius 2 is 2.20 bits per heavy atom. The minimum atomic E-state index is -0.406. The normalized spacial score (nSPS) is 20.6. The van der Waals surface area contributed by atoms with Gasteiger partial charge in [0.15, 0.2) is 5.82 Å². The van der Waals surface area contributed by atoms with Crippen molar-refractivity contribution >= 4 is 11.8 Å². The molecule has 2 fully saturated rings. The molecule has 7 heteroatoms. The molecule has 7 nitrogen and oxygen atoms in total. The summed E-state index contributed by atoms with van der Waals surface area (Å²) in [5.74, 6) is 0.782. The van der Waals surface area contributed by atoms with Crippen molar-refractivity contribution in [2.75, 3.05) is 31.6 Å². The van der Waals surface area contributed by atoms with Gasteiger partial charge in [0.2, 0.25) is 0 Å². The average Bonchev–Trinajstić information content (AvgIpc) is 3.29. The van der Waals surface area contributed by atoms with E-state index in [1.54, 1.807) is 20.0 Å². The van der Waals surface area contributed by atoms with Crippen LogP contribution in [0.15, 0.2) is 11.0 Å². The lowest BCUT2D eigenvalue weighted by Gasteiger charge is -2.24. The van der Waals surface area contributed by atoms with Crippen LogP contribution in [0.2, 0.25) is 0 Å². The maximum atomic E-state index is 12.6. The quantitative estimate of drug-likeness (QED) is 0.716. The van der Waals surface area contributed by atoms with Crippen molar-refractivity contribution in [3.05, 3.63) is 22.2 Å². The molecule has 0 bridgehead atoms. The van der Waals surface area contributed by atoms with Gasteiger partial charge in [-0.05, 0) is 52.0 Å². The van der Waals surface area contributed by atoms with E-state index in [1.165, 1.54) is 30.4 Å². The number of hydrogen-bond donors (Lipinski definition) is 1. The number of hydrogen-bond acceptors (Lipinski definition) is 6. The summed E-state index contributed by atoms with van der Waals surface area (Å²) in [7, 11) is 0. The highest BCUT2D eigenvalue weighted by atomic mass is 16.5. The third kappa shape index (κ3) is 4.60. The van der Waals surface area contributed by atoms with Crippen molar-refractivity contribution in [3.8, 4) is 0 Å². The highest BCUT2D eigenvalue weighted by Crippen LogP contribution is 2.32. The third-order valence-electron chi connectivity index (χ3n) is 5.04. The summed E-state index contributed by atoms with van der Waals surface area (Å²) in [4.78, 5) is 31.1. The van der Waals surface area contributed by atoms with E-state index in [4.69, 9.17) is 4.74 Å². The van der Waals surface area contributed by atoms with Crippen LogP contribution in [0, 0.1) is 12.8 Å². The van der Waals surface area contributed by atoms with Crippen LogP contribution in [-0.2, 0) is 16.1 Å². The van der Waals surface area contributed by atoms with Crippen LogP contribution in [0.4, 0.5) is 5.82 Å². The molecule has 0 radical (unpaired) electrons. The van der Waals surface area contributed by atoms with E-state index in [0.29, 0.717) is 24.2 Å². The molecule has 1 aliphatic carbocycles. The molecule has 3 rings (SSSR count). The number of aromatic nitrogens is 2. The Balaban J connectivity index is 1.63. The van der Waals surface area contributed by atoms with E-state index in [9.17, 15) is 9.59 Å². The standard InChI is InChI=1S/C18H28N4O3/c1-3-25-16(23)12-22-13(2)9-19-17(18(22)24)20-10-15-5-4-8-21(15)11-14-6-7-14/h9,14-15H,3-8,10-12H2,1-2H3,(H,19,20). The molecule has 1 aliphatic heterocycles. The first kappa shape index (κ1) is 17.9. The van der Waals surface area contributed by atoms with Crippen LogP contribution in [0.3, 0.4) is 0 Å². The SMILES string of the molecule is CCOC(=O)Cn1c(C)cnc(NCC2CCCN2CC2CC2)c1=O. The minimum Gasteiger partial charge on any atom is -0.465 e. The van der Waals surface area contributed by atoms with Crippen LogP contribution in [0.25, 0.3) is 0 Å². The molecular weight excluding hydrogens is 320 g/mol. The van der Waals surface area contributed by atoms with Crippen molar-refractivity contribution in [2.45, 2.75) is 52.1 Å². The van der Waals surface area contributed by atoms with E-state index < -0.39 is 5.97 Å². The Morgan fingerprint density at radius 1 is 1.40 bits per heavy atom. The first-order chi connectivity index (χ1) is 12.1. The zero-order valence-corrected chi connectivity index (χ0v) is 15.2. The summed E-state index contributed by atoms with van der Waals surface area (Å²) in [6.45, 7) is 6.80. The van der Waals surface area contributed by atoms with Crippen molar-refractivity contribution in [3.63, 3.8) is 0 Å². The first-order valence-electron chi connectivity index (χ1n) is 9.28. The topological polar surface area (TPSA) is 76.5 Å². The summed E-state index contributed by atoms with van der Waals surface area (Å²) in [5, 5.41) is 3.21. The second-order valence-corrected chi connectivity index (χ2v) is 7.06. The summed E-state index contributed by atoms with van der Waals surface area (Å²) in [6.07, 6.45) is 6.71. The molecule has 1 aromatic heterocycles. The number of likely N-dealkylation sites (tertiary alicyclic amines) is 1. The van der Waals surface area contributed by atoms with Gasteiger partial charge in [-0.1, -0.05) is 0 Å². The van der Waals surface area contributed by atoms with Crippen LogP contribution in [-0.4, -0.2) is 52.7 Å². The number of nitrogens with zero attached hydrogens (tertiary/aromatic N) is 3. The number of esters is 1. The van der Waals surface area contributed by atoms with Gasteiger partial charge in [0, 0.05) is 31.0 Å². The highest BCUT2D eigenvalue weighted by molar-refractivity contribution is 5.69. The Kier molecular flexibility index (Phi) is 5.73. The Labute approximate surface area is 148 Å². The average molecular weight is 348 g/mol. The molecule has 0 amide bonds. The highest BCUT2D eigenvalue weighted by Gasteiger charge is 2.31. The molecule has 25 heavy (non-hydrogen) atoms. The smallest absolute Gasteiger partial charge is 0.326 e. The van der Waals surface area contributed by atoms with Crippen molar-refractivity contribution in [1.29, 1.82) is 0 Å². The number of carbonyl (C=O) groups excluding carboxylic acids is 1. The summed E-state index contributed by atoms with van der Waals surface area (Å²) in [5.41, 5.74) is 0.389. The zero-order valence-electron chi connectivity index (χ0n) is 15.2. The minimum absolute atomic E-state index is 0.0764. The van der Waals surface area contributed by atoms with Gasteiger partial charge in [-0.15, -0.1) is 0 Å². The van der Waals surface area contributed by atoms with Gasteiger partial charge < -0.3 is 10.1 Å². The van der Waals surface area contributed by atoms with Crippen LogP contribution < -0.4 is 10.9 Å². The number of ether oxygens (including phenoxy) is 1. The summed E-state index contributed by atoms with van der Waals surface area (Å²) < 4.78 is 6.37. The maximum Gasteiger partial charge on any atom is 0.326 e. The van der Waals surface area contributed by atoms with Gasteiger partial charge in [0.1, 0.15) is 6.54 Å². The molecular formula is C18H28N4O3. The van der Waals surface area contributed by atoms with E-state index >= 15 is 0 Å². The summed E-state index contributed by atoms with van der Waals surface area (Å²) in [6, 6.07) is 0.460. The van der Waals surface area contributed by atoms with E-state index in [1.807, 2.05) is 0 Å². The Hall–Kier alpha value is -1.89. The Bertz CT molecular complexity index is 669. The van der Waals surface area contributed by atoms with Crippen LogP contribution in [0.5, 0.6) is 0 Å². The molecule has 1 N–H and O–H groups in total. The van der Waals surface area contributed by atoms with Crippen molar-refractivity contribution in [1.82, 2.24) is 14.5 Å². The molecule has 138 valence electrons. The number of aryl methyl sites for hydroxylation is 1.